The zero-order chi connectivity index (χ0) is 24.9. The van der Waals surface area contributed by atoms with E-state index in [1.807, 2.05) is 25.1 Å². The average molecular weight is 475 g/mol. The van der Waals surface area contributed by atoms with Gasteiger partial charge in [0.25, 0.3) is 11.8 Å². The van der Waals surface area contributed by atoms with Crippen molar-refractivity contribution in [3.05, 3.63) is 83.7 Å². The fourth-order valence-corrected chi connectivity index (χ4v) is 4.10. The van der Waals surface area contributed by atoms with Crippen LogP contribution in [0.4, 0.5) is 4.39 Å². The van der Waals surface area contributed by atoms with E-state index in [4.69, 9.17) is 4.42 Å². The molecule has 6 nitrogen and oxygen atoms in total. The molecule has 0 bridgehead atoms. The molecule has 0 fully saturated rings. The SMILES string of the molecule is CCCC(CO)NC(=O)c1cccc(-c2ccc3oc(-c4ccc(F)cc4)c(C(=O)NC)c3c2)c1. The van der Waals surface area contributed by atoms with Gasteiger partial charge in [-0.05, 0) is 66.1 Å². The Morgan fingerprint density at radius 2 is 1.69 bits per heavy atom. The van der Waals surface area contributed by atoms with Crippen LogP contribution in [0.25, 0.3) is 33.4 Å². The van der Waals surface area contributed by atoms with Gasteiger partial charge in [0.15, 0.2) is 0 Å². The molecule has 1 atom stereocenters. The predicted molar refractivity (Wildman–Crippen MR) is 134 cm³/mol. The van der Waals surface area contributed by atoms with Crippen LogP contribution in [0.2, 0.25) is 0 Å². The molecule has 2 amide bonds. The Balaban J connectivity index is 1.74. The zero-order valence-corrected chi connectivity index (χ0v) is 19.6. The monoisotopic (exact) mass is 474 g/mol. The molecule has 0 saturated carbocycles. The largest absolute Gasteiger partial charge is 0.455 e. The first-order valence-electron chi connectivity index (χ1n) is 11.5. The fourth-order valence-electron chi connectivity index (χ4n) is 4.10. The van der Waals surface area contributed by atoms with Gasteiger partial charge in [-0.2, -0.15) is 0 Å². The summed E-state index contributed by atoms with van der Waals surface area (Å²) in [6.07, 6.45) is 1.54. The highest BCUT2D eigenvalue weighted by Crippen LogP contribution is 2.36. The number of aliphatic hydroxyl groups is 1. The second kappa shape index (κ2) is 10.5. The highest BCUT2D eigenvalue weighted by atomic mass is 19.1. The highest BCUT2D eigenvalue weighted by Gasteiger charge is 2.22. The molecule has 1 aromatic heterocycles. The number of furan rings is 1. The molecule has 3 aromatic carbocycles. The summed E-state index contributed by atoms with van der Waals surface area (Å²) in [5, 5.41) is 15.6. The Kier molecular flexibility index (Phi) is 7.27. The first-order chi connectivity index (χ1) is 16.9. The van der Waals surface area contributed by atoms with Crippen LogP contribution in [0.3, 0.4) is 0 Å². The van der Waals surface area contributed by atoms with E-state index in [9.17, 15) is 19.1 Å². The van der Waals surface area contributed by atoms with E-state index in [2.05, 4.69) is 10.6 Å². The van der Waals surface area contributed by atoms with Gasteiger partial charge < -0.3 is 20.2 Å². The van der Waals surface area contributed by atoms with Crippen LogP contribution in [0, 0.1) is 5.82 Å². The van der Waals surface area contributed by atoms with Crippen molar-refractivity contribution in [3.63, 3.8) is 0 Å². The number of nitrogens with one attached hydrogen (secondary N) is 2. The highest BCUT2D eigenvalue weighted by molar-refractivity contribution is 6.11. The minimum Gasteiger partial charge on any atom is -0.455 e. The summed E-state index contributed by atoms with van der Waals surface area (Å²) >= 11 is 0. The molecule has 4 rings (SSSR count). The van der Waals surface area contributed by atoms with E-state index in [0.717, 1.165) is 17.5 Å². The number of carbonyl (C=O) groups excluding carboxylic acids is 2. The maximum Gasteiger partial charge on any atom is 0.255 e. The van der Waals surface area contributed by atoms with Crippen LogP contribution in [0.15, 0.2) is 71.1 Å². The van der Waals surface area contributed by atoms with Crippen molar-refractivity contribution in [1.29, 1.82) is 0 Å². The third-order valence-electron chi connectivity index (χ3n) is 5.90. The van der Waals surface area contributed by atoms with Gasteiger partial charge in [-0.25, -0.2) is 4.39 Å². The van der Waals surface area contributed by atoms with Gasteiger partial charge >= 0.3 is 0 Å². The second-order valence-corrected chi connectivity index (χ2v) is 8.33. The van der Waals surface area contributed by atoms with Crippen molar-refractivity contribution in [2.75, 3.05) is 13.7 Å². The lowest BCUT2D eigenvalue weighted by atomic mass is 9.98. The predicted octanol–water partition coefficient (Wildman–Crippen LogP) is 5.16. The number of hydrogen-bond donors (Lipinski definition) is 3. The zero-order valence-electron chi connectivity index (χ0n) is 19.6. The van der Waals surface area contributed by atoms with Gasteiger partial charge in [0.2, 0.25) is 0 Å². The molecular formula is C28H27FN2O4. The smallest absolute Gasteiger partial charge is 0.255 e. The van der Waals surface area contributed by atoms with Crippen LogP contribution < -0.4 is 10.6 Å². The summed E-state index contributed by atoms with van der Waals surface area (Å²) < 4.78 is 19.4. The lowest BCUT2D eigenvalue weighted by Gasteiger charge is -2.15. The second-order valence-electron chi connectivity index (χ2n) is 8.33. The molecule has 35 heavy (non-hydrogen) atoms. The third-order valence-corrected chi connectivity index (χ3v) is 5.90. The summed E-state index contributed by atoms with van der Waals surface area (Å²) in [6, 6.07) is 18.1. The van der Waals surface area contributed by atoms with Crippen molar-refractivity contribution >= 4 is 22.8 Å². The molecule has 0 spiro atoms. The molecule has 0 radical (unpaired) electrons. The Morgan fingerprint density at radius 1 is 0.971 bits per heavy atom. The van der Waals surface area contributed by atoms with E-state index in [1.54, 1.807) is 43.4 Å². The van der Waals surface area contributed by atoms with Crippen molar-refractivity contribution in [2.45, 2.75) is 25.8 Å². The number of aliphatic hydroxyl groups excluding tert-OH is 1. The van der Waals surface area contributed by atoms with Gasteiger partial charge in [0, 0.05) is 23.6 Å². The van der Waals surface area contributed by atoms with Gasteiger partial charge in [-0.3, -0.25) is 9.59 Å². The molecule has 1 heterocycles. The van der Waals surface area contributed by atoms with Crippen LogP contribution in [-0.2, 0) is 0 Å². The summed E-state index contributed by atoms with van der Waals surface area (Å²) in [5.41, 5.74) is 3.54. The number of benzene rings is 3. The van der Waals surface area contributed by atoms with Crippen molar-refractivity contribution < 1.29 is 23.5 Å². The third kappa shape index (κ3) is 5.10. The summed E-state index contributed by atoms with van der Waals surface area (Å²) in [4.78, 5) is 25.5. The molecule has 3 N–H and O–H groups in total. The fraction of sp³-hybridized carbons (Fsp3) is 0.214. The normalized spacial score (nSPS) is 11.9. The minimum atomic E-state index is -0.377. The molecule has 1 unspecified atom stereocenters. The number of rotatable bonds is 8. The Bertz CT molecular complexity index is 1360. The van der Waals surface area contributed by atoms with Crippen LogP contribution in [-0.4, -0.2) is 36.6 Å². The first kappa shape index (κ1) is 24.2. The Hall–Kier alpha value is -3.97. The van der Waals surface area contributed by atoms with E-state index < -0.39 is 0 Å². The molecule has 0 aliphatic heterocycles. The molecular weight excluding hydrogens is 447 g/mol. The standard InChI is InChI=1S/C28H27FN2O4/c1-3-5-22(16-32)31-27(33)20-7-4-6-18(14-20)19-10-13-24-23(15-19)25(28(34)30-2)26(35-24)17-8-11-21(29)12-9-17/h4,6-15,22,32H,3,5,16H2,1-2H3,(H,30,34)(H,31,33). The lowest BCUT2D eigenvalue weighted by Crippen LogP contribution is -2.37. The van der Waals surface area contributed by atoms with E-state index in [0.29, 0.717) is 39.8 Å². The summed E-state index contributed by atoms with van der Waals surface area (Å²) in [5.74, 6) is -0.596. The van der Waals surface area contributed by atoms with Gasteiger partial charge in [0.05, 0.1) is 18.2 Å². The average Bonchev–Trinajstić information content (AvgIpc) is 3.27. The number of amides is 2. The number of fused-ring (bicyclic) bond motifs is 1. The lowest BCUT2D eigenvalue weighted by molar-refractivity contribution is 0.0912. The topological polar surface area (TPSA) is 91.6 Å². The van der Waals surface area contributed by atoms with Gasteiger partial charge in [0.1, 0.15) is 17.2 Å². The van der Waals surface area contributed by atoms with Crippen molar-refractivity contribution in [1.82, 2.24) is 10.6 Å². The van der Waals surface area contributed by atoms with Crippen LogP contribution in [0.5, 0.6) is 0 Å². The van der Waals surface area contributed by atoms with Gasteiger partial charge in [-0.1, -0.05) is 31.5 Å². The quantitative estimate of drug-likeness (QED) is 0.329. The maximum atomic E-state index is 13.4. The molecule has 180 valence electrons. The molecule has 7 heteroatoms. The number of hydrogen-bond acceptors (Lipinski definition) is 4. The van der Waals surface area contributed by atoms with Gasteiger partial charge in [-0.15, -0.1) is 0 Å². The van der Waals surface area contributed by atoms with E-state index >= 15 is 0 Å². The first-order valence-corrected chi connectivity index (χ1v) is 11.5. The van der Waals surface area contributed by atoms with Crippen molar-refractivity contribution in [3.8, 4) is 22.5 Å². The Labute approximate surface area is 202 Å². The Morgan fingerprint density at radius 3 is 2.37 bits per heavy atom. The maximum absolute atomic E-state index is 13.4. The van der Waals surface area contributed by atoms with Crippen LogP contribution in [0.1, 0.15) is 40.5 Å². The van der Waals surface area contributed by atoms with E-state index in [-0.39, 0.29) is 30.3 Å². The molecule has 0 aliphatic rings. The molecule has 0 saturated heterocycles. The summed E-state index contributed by atoms with van der Waals surface area (Å²) in [6.45, 7) is 1.88. The number of carbonyl (C=O) groups is 2. The minimum absolute atomic E-state index is 0.116. The number of halogens is 1. The van der Waals surface area contributed by atoms with Crippen molar-refractivity contribution in [2.24, 2.45) is 0 Å². The summed E-state index contributed by atoms with van der Waals surface area (Å²) in [7, 11) is 1.54. The molecule has 0 aliphatic carbocycles. The van der Waals surface area contributed by atoms with E-state index in [1.165, 1.54) is 12.1 Å². The molecule has 4 aromatic rings. The van der Waals surface area contributed by atoms with Crippen LogP contribution >= 0.6 is 0 Å².